The zero-order valence-electron chi connectivity index (χ0n) is 11.8. The largest absolute Gasteiger partial charge is 0.478 e. The Bertz CT molecular complexity index is 531. The molecule has 0 aliphatic heterocycles. The van der Waals surface area contributed by atoms with Crippen LogP contribution in [0.15, 0.2) is 24.3 Å². The number of carbonyl (C=O) groups excluding carboxylic acids is 2. The second-order valence-electron chi connectivity index (χ2n) is 4.56. The number of carboxylic acid groups (broad SMARTS) is 1. The average Bonchev–Trinajstić information content (AvgIpc) is 2.43. The fourth-order valence-electron chi connectivity index (χ4n) is 1.72. The number of nitrogens with one attached hydrogen (secondary N) is 1. The summed E-state index contributed by atoms with van der Waals surface area (Å²) in [4.78, 5) is 35.3. The summed E-state index contributed by atoms with van der Waals surface area (Å²) in [6.07, 6.45) is 1.62. The summed E-state index contributed by atoms with van der Waals surface area (Å²) in [6.45, 7) is 2.20. The summed E-state index contributed by atoms with van der Waals surface area (Å²) in [5.74, 6) is -1.67. The first kappa shape index (κ1) is 16.5. The first-order valence-corrected chi connectivity index (χ1v) is 6.61. The minimum absolute atomic E-state index is 0.0720. The van der Waals surface area contributed by atoms with Crippen LogP contribution in [0.1, 0.15) is 30.1 Å². The Kier molecular flexibility index (Phi) is 6.19. The van der Waals surface area contributed by atoms with Gasteiger partial charge in [-0.2, -0.15) is 0 Å². The van der Waals surface area contributed by atoms with Crippen molar-refractivity contribution in [3.05, 3.63) is 29.8 Å². The first-order valence-electron chi connectivity index (χ1n) is 6.61. The molecule has 0 saturated carbocycles. The Morgan fingerprint density at radius 2 is 2.05 bits per heavy atom. The van der Waals surface area contributed by atoms with E-state index in [9.17, 15) is 14.4 Å². The molecule has 0 fully saturated rings. The van der Waals surface area contributed by atoms with Gasteiger partial charge in [-0.15, -0.1) is 0 Å². The van der Waals surface area contributed by atoms with Crippen molar-refractivity contribution in [2.24, 2.45) is 5.73 Å². The van der Waals surface area contributed by atoms with Crippen LogP contribution in [-0.4, -0.2) is 41.0 Å². The van der Waals surface area contributed by atoms with Crippen LogP contribution in [0.3, 0.4) is 0 Å². The van der Waals surface area contributed by atoms with E-state index in [1.165, 1.54) is 23.1 Å². The molecule has 0 aliphatic rings. The number of urea groups is 1. The smallest absolute Gasteiger partial charge is 0.335 e. The fourth-order valence-corrected chi connectivity index (χ4v) is 1.72. The normalized spacial score (nSPS) is 9.95. The molecule has 7 nitrogen and oxygen atoms in total. The van der Waals surface area contributed by atoms with E-state index >= 15 is 0 Å². The lowest BCUT2D eigenvalue weighted by Crippen LogP contribution is -2.41. The molecular weight excluding hydrogens is 274 g/mol. The maximum Gasteiger partial charge on any atom is 0.335 e. The molecule has 0 heterocycles. The van der Waals surface area contributed by atoms with Crippen molar-refractivity contribution in [2.75, 3.05) is 18.4 Å². The van der Waals surface area contributed by atoms with Gasteiger partial charge in [-0.1, -0.05) is 19.4 Å². The van der Waals surface area contributed by atoms with Crippen molar-refractivity contribution in [2.45, 2.75) is 19.8 Å². The van der Waals surface area contributed by atoms with Crippen LogP contribution in [0, 0.1) is 0 Å². The number of primary amides is 1. The van der Waals surface area contributed by atoms with E-state index in [0.29, 0.717) is 12.2 Å². The van der Waals surface area contributed by atoms with Crippen LogP contribution in [0.5, 0.6) is 0 Å². The molecule has 0 spiro atoms. The second kappa shape index (κ2) is 7.88. The Morgan fingerprint density at radius 3 is 2.62 bits per heavy atom. The zero-order chi connectivity index (χ0) is 15.8. The summed E-state index contributed by atoms with van der Waals surface area (Å²) in [7, 11) is 0. The molecule has 0 unspecified atom stereocenters. The van der Waals surface area contributed by atoms with Crippen LogP contribution in [0.25, 0.3) is 0 Å². The molecule has 0 atom stereocenters. The predicted molar refractivity (Wildman–Crippen MR) is 78.1 cm³/mol. The molecule has 1 rings (SSSR count). The Labute approximate surface area is 122 Å². The quantitative estimate of drug-likeness (QED) is 0.707. The fraction of sp³-hybridized carbons (Fsp3) is 0.357. The Hall–Kier alpha value is -2.57. The van der Waals surface area contributed by atoms with Crippen molar-refractivity contribution >= 4 is 23.6 Å². The molecule has 4 N–H and O–H groups in total. The van der Waals surface area contributed by atoms with Gasteiger partial charge in [0, 0.05) is 12.2 Å². The lowest BCUT2D eigenvalue weighted by Gasteiger charge is -2.21. The van der Waals surface area contributed by atoms with Crippen LogP contribution in [0.2, 0.25) is 0 Å². The number of carboxylic acids is 1. The van der Waals surface area contributed by atoms with Gasteiger partial charge in [0.1, 0.15) is 6.54 Å². The number of aromatic carboxylic acids is 1. The standard InChI is InChI=1S/C14H19N3O4/c1-2-3-7-17(9-12(15)18)14(21)16-11-6-4-5-10(8-11)13(19)20/h4-6,8H,2-3,7,9H2,1H3,(H2,15,18)(H,16,21)(H,19,20). The zero-order valence-corrected chi connectivity index (χ0v) is 11.8. The molecule has 1 aromatic carbocycles. The van der Waals surface area contributed by atoms with Gasteiger partial charge in [0.25, 0.3) is 0 Å². The number of nitrogens with two attached hydrogens (primary N) is 1. The van der Waals surface area contributed by atoms with Crippen LogP contribution in [-0.2, 0) is 4.79 Å². The Balaban J connectivity index is 2.77. The lowest BCUT2D eigenvalue weighted by atomic mass is 10.2. The molecule has 0 saturated heterocycles. The molecule has 21 heavy (non-hydrogen) atoms. The van der Waals surface area contributed by atoms with Gasteiger partial charge in [0.15, 0.2) is 0 Å². The van der Waals surface area contributed by atoms with E-state index < -0.39 is 17.9 Å². The van der Waals surface area contributed by atoms with Crippen LogP contribution in [0.4, 0.5) is 10.5 Å². The van der Waals surface area contributed by atoms with Crippen molar-refractivity contribution < 1.29 is 19.5 Å². The molecular formula is C14H19N3O4. The lowest BCUT2D eigenvalue weighted by molar-refractivity contribution is -0.118. The molecule has 0 aliphatic carbocycles. The minimum atomic E-state index is -1.08. The average molecular weight is 293 g/mol. The van der Waals surface area contributed by atoms with Crippen molar-refractivity contribution in [1.82, 2.24) is 4.90 Å². The monoisotopic (exact) mass is 293 g/mol. The number of carbonyl (C=O) groups is 3. The van der Waals surface area contributed by atoms with Gasteiger partial charge in [0.05, 0.1) is 5.56 Å². The van der Waals surface area contributed by atoms with Crippen molar-refractivity contribution in [3.63, 3.8) is 0 Å². The van der Waals surface area contributed by atoms with Crippen molar-refractivity contribution in [1.29, 1.82) is 0 Å². The van der Waals surface area contributed by atoms with Gasteiger partial charge < -0.3 is 21.1 Å². The van der Waals surface area contributed by atoms with E-state index in [0.717, 1.165) is 12.8 Å². The number of unbranched alkanes of at least 4 members (excludes halogenated alkanes) is 1. The molecule has 1 aromatic rings. The number of rotatable bonds is 7. The number of benzene rings is 1. The summed E-state index contributed by atoms with van der Waals surface area (Å²) in [6, 6.07) is 5.40. The van der Waals surface area contributed by atoms with Gasteiger partial charge >= 0.3 is 12.0 Å². The van der Waals surface area contributed by atoms with E-state index in [4.69, 9.17) is 10.8 Å². The molecule has 0 bridgehead atoms. The number of hydrogen-bond acceptors (Lipinski definition) is 3. The van der Waals surface area contributed by atoms with E-state index in [-0.39, 0.29) is 12.1 Å². The number of amides is 3. The second-order valence-corrected chi connectivity index (χ2v) is 4.56. The van der Waals surface area contributed by atoms with Gasteiger partial charge in [0.2, 0.25) is 5.91 Å². The Morgan fingerprint density at radius 1 is 1.33 bits per heavy atom. The van der Waals surface area contributed by atoms with Crippen molar-refractivity contribution in [3.8, 4) is 0 Å². The highest BCUT2D eigenvalue weighted by Gasteiger charge is 2.15. The number of nitrogens with zero attached hydrogens (tertiary/aromatic N) is 1. The van der Waals surface area contributed by atoms with Crippen LogP contribution < -0.4 is 11.1 Å². The summed E-state index contributed by atoms with van der Waals surface area (Å²) < 4.78 is 0. The molecule has 3 amide bonds. The molecule has 0 radical (unpaired) electrons. The topological polar surface area (TPSA) is 113 Å². The minimum Gasteiger partial charge on any atom is -0.478 e. The number of anilines is 1. The van der Waals surface area contributed by atoms with E-state index in [1.54, 1.807) is 6.07 Å². The van der Waals surface area contributed by atoms with Gasteiger partial charge in [-0.05, 0) is 24.6 Å². The van der Waals surface area contributed by atoms with E-state index in [2.05, 4.69) is 5.32 Å². The maximum absolute atomic E-state index is 12.1. The molecule has 114 valence electrons. The first-order chi connectivity index (χ1) is 9.93. The third kappa shape index (κ3) is 5.52. The third-order valence-corrected chi connectivity index (χ3v) is 2.78. The number of hydrogen-bond donors (Lipinski definition) is 3. The van der Waals surface area contributed by atoms with Crippen LogP contribution >= 0.6 is 0 Å². The molecule has 7 heteroatoms. The van der Waals surface area contributed by atoms with Gasteiger partial charge in [-0.3, -0.25) is 4.79 Å². The highest BCUT2D eigenvalue weighted by atomic mass is 16.4. The summed E-state index contributed by atoms with van der Waals surface area (Å²) in [5, 5.41) is 11.5. The van der Waals surface area contributed by atoms with Gasteiger partial charge in [-0.25, -0.2) is 9.59 Å². The maximum atomic E-state index is 12.1. The molecule has 0 aromatic heterocycles. The third-order valence-electron chi connectivity index (χ3n) is 2.78. The summed E-state index contributed by atoms with van der Waals surface area (Å²) >= 11 is 0. The predicted octanol–water partition coefficient (Wildman–Crippen LogP) is 1.50. The SMILES string of the molecule is CCCCN(CC(N)=O)C(=O)Nc1cccc(C(=O)O)c1. The summed E-state index contributed by atoms with van der Waals surface area (Å²) in [5.41, 5.74) is 5.55. The highest BCUT2D eigenvalue weighted by Crippen LogP contribution is 2.11. The highest BCUT2D eigenvalue weighted by molar-refractivity contribution is 5.94. The van der Waals surface area contributed by atoms with E-state index in [1.807, 2.05) is 6.92 Å².